The van der Waals surface area contributed by atoms with Gasteiger partial charge in [-0.2, -0.15) is 0 Å². The van der Waals surface area contributed by atoms with E-state index in [0.717, 1.165) is 32.6 Å². The van der Waals surface area contributed by atoms with Gasteiger partial charge in [0.15, 0.2) is 0 Å². The van der Waals surface area contributed by atoms with Crippen LogP contribution in [0.25, 0.3) is 0 Å². The number of halogens is 2. The minimum atomic E-state index is -0.300. The van der Waals surface area contributed by atoms with Crippen LogP contribution in [-0.2, 0) is 16.0 Å². The van der Waals surface area contributed by atoms with Gasteiger partial charge in [-0.05, 0) is 31.4 Å². The number of hydrogen-bond acceptors (Lipinski definition) is 2. The van der Waals surface area contributed by atoms with Crippen LogP contribution in [0.1, 0.15) is 24.8 Å². The molecule has 0 bridgehead atoms. The molecule has 0 unspecified atom stereocenters. The van der Waals surface area contributed by atoms with E-state index in [4.69, 9.17) is 16.3 Å². The first-order chi connectivity index (χ1) is 10.1. The number of hydrogen-bond donors (Lipinski definition) is 0. The number of likely N-dealkylation sites (tertiary alicyclic amines) is 1. The zero-order valence-electron chi connectivity index (χ0n) is 11.9. The molecule has 1 atom stereocenters. The van der Waals surface area contributed by atoms with E-state index in [2.05, 4.69) is 0 Å². The molecule has 1 aromatic carbocycles. The summed E-state index contributed by atoms with van der Waals surface area (Å²) in [6.45, 7) is 2.75. The van der Waals surface area contributed by atoms with Crippen molar-refractivity contribution in [3.63, 3.8) is 0 Å². The Balaban J connectivity index is 1.67. The largest absolute Gasteiger partial charge is 0.381 e. The molecule has 0 aliphatic carbocycles. The second kappa shape index (κ2) is 5.93. The third kappa shape index (κ3) is 3.06. The molecule has 0 N–H and O–H groups in total. The summed E-state index contributed by atoms with van der Waals surface area (Å²) in [7, 11) is 0. The highest BCUT2D eigenvalue weighted by Gasteiger charge is 2.41. The zero-order chi connectivity index (χ0) is 14.9. The fraction of sp³-hybridized carbons (Fsp3) is 0.562. The smallest absolute Gasteiger partial charge is 0.222 e. The Kier molecular flexibility index (Phi) is 4.18. The lowest BCUT2D eigenvalue weighted by molar-refractivity contribution is -0.137. The first-order valence-electron chi connectivity index (χ1n) is 7.38. The third-order valence-electron chi connectivity index (χ3n) is 4.63. The van der Waals surface area contributed by atoms with Crippen molar-refractivity contribution in [1.82, 2.24) is 4.90 Å². The van der Waals surface area contributed by atoms with Crippen LogP contribution < -0.4 is 0 Å². The van der Waals surface area contributed by atoms with Gasteiger partial charge in [0, 0.05) is 42.1 Å². The average Bonchev–Trinajstić information content (AvgIpc) is 2.91. The molecule has 1 spiro atoms. The maximum absolute atomic E-state index is 13.8. The normalized spacial score (nSPS) is 25.8. The van der Waals surface area contributed by atoms with E-state index >= 15 is 0 Å². The summed E-state index contributed by atoms with van der Waals surface area (Å²) in [6.07, 6.45) is 2.93. The Hall–Kier alpha value is -1.13. The summed E-state index contributed by atoms with van der Waals surface area (Å²) in [5, 5.41) is 0.429. The third-order valence-corrected chi connectivity index (χ3v) is 4.98. The molecular weight excluding hydrogens is 293 g/mol. The highest BCUT2D eigenvalue weighted by molar-refractivity contribution is 6.31. The Morgan fingerprint density at radius 1 is 1.38 bits per heavy atom. The maximum Gasteiger partial charge on any atom is 0.222 e. The van der Waals surface area contributed by atoms with E-state index in [1.807, 2.05) is 4.90 Å². The Bertz CT molecular complexity index is 523. The molecule has 0 radical (unpaired) electrons. The van der Waals surface area contributed by atoms with Gasteiger partial charge >= 0.3 is 0 Å². The zero-order valence-corrected chi connectivity index (χ0v) is 12.7. The van der Waals surface area contributed by atoms with Crippen molar-refractivity contribution in [3.8, 4) is 0 Å². The highest BCUT2D eigenvalue weighted by Crippen LogP contribution is 2.38. The van der Waals surface area contributed by atoms with Crippen molar-refractivity contribution >= 4 is 17.5 Å². The molecule has 114 valence electrons. The molecule has 2 aliphatic rings. The van der Waals surface area contributed by atoms with Gasteiger partial charge in [-0.3, -0.25) is 4.79 Å². The van der Waals surface area contributed by atoms with Crippen LogP contribution in [0.2, 0.25) is 5.02 Å². The Morgan fingerprint density at radius 2 is 2.24 bits per heavy atom. The number of rotatable bonds is 3. The minimum absolute atomic E-state index is 0.118. The first-order valence-corrected chi connectivity index (χ1v) is 7.76. The van der Waals surface area contributed by atoms with Crippen molar-refractivity contribution in [2.75, 3.05) is 26.3 Å². The van der Waals surface area contributed by atoms with Crippen molar-refractivity contribution in [2.45, 2.75) is 25.7 Å². The maximum atomic E-state index is 13.8. The molecule has 3 rings (SSSR count). The van der Waals surface area contributed by atoms with E-state index < -0.39 is 0 Å². The van der Waals surface area contributed by atoms with Crippen LogP contribution in [0.3, 0.4) is 0 Å². The van der Waals surface area contributed by atoms with Crippen LogP contribution in [0.5, 0.6) is 0 Å². The van der Waals surface area contributed by atoms with Crippen LogP contribution in [-0.4, -0.2) is 37.1 Å². The van der Waals surface area contributed by atoms with Crippen molar-refractivity contribution in [1.29, 1.82) is 0 Å². The van der Waals surface area contributed by atoms with Crippen LogP contribution in [0, 0.1) is 11.2 Å². The standard InChI is InChI=1S/C16H19ClFNO2/c17-13-2-1-3-14(18)12(13)5-8-19-10-16(6-4-15(19)20)7-9-21-11-16/h1-3H,4-11H2/t16-/m0/s1. The number of amides is 1. The van der Waals surface area contributed by atoms with E-state index in [9.17, 15) is 9.18 Å². The first kappa shape index (κ1) is 14.8. The Labute approximate surface area is 129 Å². The van der Waals surface area contributed by atoms with Gasteiger partial charge in [0.25, 0.3) is 0 Å². The van der Waals surface area contributed by atoms with Crippen LogP contribution in [0.4, 0.5) is 4.39 Å². The molecular formula is C16H19ClFNO2. The molecule has 2 saturated heterocycles. The quantitative estimate of drug-likeness (QED) is 0.858. The number of carbonyl (C=O) groups excluding carboxylic acids is 1. The predicted molar refractivity (Wildman–Crippen MR) is 78.8 cm³/mol. The Morgan fingerprint density at radius 3 is 2.95 bits per heavy atom. The lowest BCUT2D eigenvalue weighted by Gasteiger charge is -2.39. The molecule has 0 saturated carbocycles. The number of nitrogens with zero attached hydrogens (tertiary/aromatic N) is 1. The lowest BCUT2D eigenvalue weighted by atomic mass is 9.79. The number of carbonyl (C=O) groups is 1. The number of benzene rings is 1. The SMILES string of the molecule is O=C1CC[C@]2(CCOC2)CN1CCc1c(F)cccc1Cl. The predicted octanol–water partition coefficient (Wildman–Crippen LogP) is 3.05. The highest BCUT2D eigenvalue weighted by atomic mass is 35.5. The van der Waals surface area contributed by atoms with Gasteiger partial charge in [0.05, 0.1) is 6.61 Å². The van der Waals surface area contributed by atoms with Crippen molar-refractivity contribution in [2.24, 2.45) is 5.41 Å². The van der Waals surface area contributed by atoms with E-state index in [1.165, 1.54) is 6.07 Å². The van der Waals surface area contributed by atoms with Gasteiger partial charge < -0.3 is 9.64 Å². The monoisotopic (exact) mass is 311 g/mol. The molecule has 2 fully saturated rings. The van der Waals surface area contributed by atoms with E-state index in [0.29, 0.717) is 30.0 Å². The summed E-state index contributed by atoms with van der Waals surface area (Å²) in [5.74, 6) is -0.147. The molecule has 1 aromatic rings. The topological polar surface area (TPSA) is 29.5 Å². The lowest BCUT2D eigenvalue weighted by Crippen LogP contribution is -2.47. The van der Waals surface area contributed by atoms with Gasteiger partial charge in [0.2, 0.25) is 5.91 Å². The van der Waals surface area contributed by atoms with Gasteiger partial charge in [0.1, 0.15) is 5.82 Å². The van der Waals surface area contributed by atoms with Crippen LogP contribution >= 0.6 is 11.6 Å². The minimum Gasteiger partial charge on any atom is -0.381 e. The summed E-state index contributed by atoms with van der Waals surface area (Å²) < 4.78 is 19.3. The molecule has 0 aromatic heterocycles. The molecule has 5 heteroatoms. The second-order valence-corrected chi connectivity index (χ2v) is 6.48. The summed E-state index contributed by atoms with van der Waals surface area (Å²) in [5.41, 5.74) is 0.613. The van der Waals surface area contributed by atoms with E-state index in [1.54, 1.807) is 12.1 Å². The fourth-order valence-electron chi connectivity index (χ4n) is 3.30. The molecule has 2 heterocycles. The average molecular weight is 312 g/mol. The summed E-state index contributed by atoms with van der Waals surface area (Å²) in [4.78, 5) is 13.9. The van der Waals surface area contributed by atoms with E-state index in [-0.39, 0.29) is 17.1 Å². The fourth-order valence-corrected chi connectivity index (χ4v) is 3.55. The summed E-state index contributed by atoms with van der Waals surface area (Å²) in [6, 6.07) is 4.69. The molecule has 3 nitrogen and oxygen atoms in total. The van der Waals surface area contributed by atoms with Crippen molar-refractivity contribution < 1.29 is 13.9 Å². The number of ether oxygens (including phenoxy) is 1. The van der Waals surface area contributed by atoms with Gasteiger partial charge in [-0.25, -0.2) is 4.39 Å². The van der Waals surface area contributed by atoms with Gasteiger partial charge in [-0.1, -0.05) is 17.7 Å². The van der Waals surface area contributed by atoms with Crippen molar-refractivity contribution in [3.05, 3.63) is 34.6 Å². The molecule has 1 amide bonds. The molecule has 21 heavy (non-hydrogen) atoms. The number of piperidine rings is 1. The second-order valence-electron chi connectivity index (χ2n) is 6.07. The van der Waals surface area contributed by atoms with Crippen LogP contribution in [0.15, 0.2) is 18.2 Å². The van der Waals surface area contributed by atoms with Gasteiger partial charge in [-0.15, -0.1) is 0 Å². The summed E-state index contributed by atoms with van der Waals surface area (Å²) >= 11 is 6.04. The molecule has 2 aliphatic heterocycles.